The van der Waals surface area contributed by atoms with E-state index in [2.05, 4.69) is 62.5 Å². The van der Waals surface area contributed by atoms with Gasteiger partial charge in [0.2, 0.25) is 0 Å². The number of ether oxygens (including phenoxy) is 3. The van der Waals surface area contributed by atoms with Crippen molar-refractivity contribution < 1.29 is 46.8 Å². The van der Waals surface area contributed by atoms with Gasteiger partial charge in [-0.3, -0.25) is 18.6 Å². The first-order valence-corrected chi connectivity index (χ1v) is 26.0. The van der Waals surface area contributed by atoms with Gasteiger partial charge in [0.1, 0.15) is 19.8 Å². The van der Waals surface area contributed by atoms with Crippen molar-refractivity contribution in [1.29, 1.82) is 0 Å². The second kappa shape index (κ2) is 38.4. The Bertz CT molecular complexity index is 1240. The van der Waals surface area contributed by atoms with Crippen molar-refractivity contribution in [1.82, 2.24) is 0 Å². The number of hydrogen-bond acceptors (Lipinski definition) is 8. The highest BCUT2D eigenvalue weighted by Gasteiger charge is 2.36. The normalized spacial score (nSPS) is 17.2. The van der Waals surface area contributed by atoms with Crippen molar-refractivity contribution in [3.05, 3.63) is 48.6 Å². The van der Waals surface area contributed by atoms with Crippen molar-refractivity contribution in [3.8, 4) is 0 Å². The first-order chi connectivity index (χ1) is 29.5. The monoisotopic (exact) mass is 881 g/mol. The number of carbonyl (C=O) groups excluding carboxylic acids is 2. The van der Waals surface area contributed by atoms with Crippen molar-refractivity contribution in [2.24, 2.45) is 0 Å². The lowest BCUT2D eigenvalue weighted by atomic mass is 10.1. The summed E-state index contributed by atoms with van der Waals surface area (Å²) in [7, 11) is 1.44. The highest BCUT2D eigenvalue weighted by atomic mass is 31.2. The molecule has 0 bridgehead atoms. The number of phosphoric ester groups is 1. The highest BCUT2D eigenvalue weighted by molar-refractivity contribution is 7.47. The average molecular weight is 881 g/mol. The summed E-state index contributed by atoms with van der Waals surface area (Å²) < 4.78 is 40.2. The van der Waals surface area contributed by atoms with E-state index in [-0.39, 0.29) is 38.3 Å². The molecule has 1 aliphatic heterocycles. The van der Waals surface area contributed by atoms with E-state index >= 15 is 0 Å². The van der Waals surface area contributed by atoms with E-state index in [1.54, 1.807) is 0 Å². The fraction of sp³-hybridized carbons (Fsp3) is 0.800. The summed E-state index contributed by atoms with van der Waals surface area (Å²) in [5.74, 6) is -0.873. The minimum absolute atomic E-state index is 0.0190. The Morgan fingerprint density at radius 2 is 1.05 bits per heavy atom. The first kappa shape index (κ1) is 56.9. The number of nitrogens with zero attached hydrogens (tertiary/aromatic N) is 1. The maximum absolute atomic E-state index is 12.7. The second-order valence-corrected chi connectivity index (χ2v) is 19.3. The van der Waals surface area contributed by atoms with E-state index in [0.29, 0.717) is 23.9 Å². The molecule has 0 aromatic heterocycles. The van der Waals surface area contributed by atoms with Gasteiger partial charge in [-0.05, 0) is 77.0 Å². The van der Waals surface area contributed by atoms with Crippen LogP contribution in [0.4, 0.5) is 0 Å². The predicted molar refractivity (Wildman–Crippen MR) is 251 cm³/mol. The Morgan fingerprint density at radius 3 is 1.66 bits per heavy atom. The summed E-state index contributed by atoms with van der Waals surface area (Å²) in [6, 6.07) is 0. The van der Waals surface area contributed by atoms with Gasteiger partial charge in [-0.2, -0.15) is 0 Å². The van der Waals surface area contributed by atoms with E-state index in [4.69, 9.17) is 23.3 Å². The molecule has 11 heteroatoms. The number of likely N-dealkylation sites (N-methyl/N-ethyl adjacent to an activating group) is 1. The predicted octanol–water partition coefficient (Wildman–Crippen LogP) is 13.2. The van der Waals surface area contributed by atoms with Gasteiger partial charge in [0, 0.05) is 12.8 Å². The number of unbranched alkanes of at least 4 members (excludes halogenated alkanes) is 19. The molecule has 1 heterocycles. The van der Waals surface area contributed by atoms with Crippen molar-refractivity contribution >= 4 is 19.8 Å². The van der Waals surface area contributed by atoms with Crippen LogP contribution < -0.4 is 0 Å². The first-order valence-electron chi connectivity index (χ1n) is 24.5. The molecular weight excluding hydrogens is 790 g/mol. The number of allylic oxidation sites excluding steroid dienone is 6. The smallest absolute Gasteiger partial charge is 0.462 e. The molecule has 0 radical (unpaired) electrons. The molecule has 4 atom stereocenters. The van der Waals surface area contributed by atoms with Crippen LogP contribution in [-0.4, -0.2) is 87.1 Å². The van der Waals surface area contributed by atoms with Crippen molar-refractivity contribution in [3.63, 3.8) is 0 Å². The van der Waals surface area contributed by atoms with Crippen LogP contribution in [0.2, 0.25) is 0 Å². The lowest BCUT2D eigenvalue weighted by molar-refractivity contribution is -0.870. The van der Waals surface area contributed by atoms with Crippen LogP contribution in [0.1, 0.15) is 194 Å². The van der Waals surface area contributed by atoms with Crippen molar-refractivity contribution in [2.45, 2.75) is 212 Å². The number of carbonyl (C=O) groups is 2. The summed E-state index contributed by atoms with van der Waals surface area (Å²) in [4.78, 5) is 35.5. The Labute approximate surface area is 373 Å². The van der Waals surface area contributed by atoms with Gasteiger partial charge in [-0.1, -0.05) is 152 Å². The molecule has 1 N–H and O–H groups in total. The molecule has 10 nitrogen and oxygen atoms in total. The molecule has 0 aromatic carbocycles. The molecule has 1 aliphatic rings. The van der Waals surface area contributed by atoms with Crippen LogP contribution in [-0.2, 0) is 37.4 Å². The van der Waals surface area contributed by atoms with Crippen LogP contribution in [0.3, 0.4) is 0 Å². The third-order valence-corrected chi connectivity index (χ3v) is 11.7. The third kappa shape index (κ3) is 39.3. The van der Waals surface area contributed by atoms with Gasteiger partial charge in [0.05, 0.1) is 40.0 Å². The van der Waals surface area contributed by atoms with Crippen LogP contribution in [0.25, 0.3) is 0 Å². The largest absolute Gasteiger partial charge is 0.472 e. The number of rotatable bonds is 43. The summed E-state index contributed by atoms with van der Waals surface area (Å²) in [6.45, 7) is 4.32. The minimum atomic E-state index is -4.40. The lowest BCUT2D eigenvalue weighted by Gasteiger charge is -2.24. The zero-order chi connectivity index (χ0) is 44.7. The Hall–Kier alpha value is -2.07. The Kier molecular flexibility index (Phi) is 35.8. The lowest BCUT2D eigenvalue weighted by Crippen LogP contribution is -2.37. The molecule has 0 spiro atoms. The molecule has 0 saturated carbocycles. The van der Waals surface area contributed by atoms with E-state index in [9.17, 15) is 19.0 Å². The number of quaternary nitrogens is 1. The fourth-order valence-electron chi connectivity index (χ4n) is 6.75. The molecule has 61 heavy (non-hydrogen) atoms. The summed E-state index contributed by atoms with van der Waals surface area (Å²) in [5, 5.41) is 0. The third-order valence-electron chi connectivity index (χ3n) is 10.7. The van der Waals surface area contributed by atoms with Gasteiger partial charge in [0.25, 0.3) is 0 Å². The van der Waals surface area contributed by atoms with E-state index < -0.39 is 32.5 Å². The number of phosphoric acid groups is 1. The highest BCUT2D eigenvalue weighted by Crippen LogP contribution is 2.43. The summed E-state index contributed by atoms with van der Waals surface area (Å²) in [5.41, 5.74) is 0. The molecule has 1 saturated heterocycles. The molecule has 0 aliphatic carbocycles. The zero-order valence-corrected chi connectivity index (χ0v) is 40.5. The quantitative estimate of drug-likeness (QED) is 0.0159. The zero-order valence-electron chi connectivity index (χ0n) is 39.6. The van der Waals surface area contributed by atoms with Gasteiger partial charge in [-0.25, -0.2) is 4.57 Å². The van der Waals surface area contributed by atoms with Crippen LogP contribution in [0.5, 0.6) is 0 Å². The maximum atomic E-state index is 12.7. The number of esters is 2. The molecule has 3 unspecified atom stereocenters. The Balaban J connectivity index is 2.28. The van der Waals surface area contributed by atoms with Gasteiger partial charge in [0.15, 0.2) is 6.10 Å². The minimum Gasteiger partial charge on any atom is -0.462 e. The molecule has 354 valence electrons. The standard InChI is InChI=1S/C50H90NO9P/c1-6-8-10-12-14-16-17-18-19-20-21-22-23-24-25-27-29-31-37-41-50(53)59-46(45-58-61(54,55)57-43-42-51(3,4)5)44-56-49(52)40-36-33-32-35-39-48-47(60-48)38-34-30-28-26-15-13-11-9-7-2/h15,18-19,26,30,32,34-35,46-48H,6-14,16-17,20-25,27-29,31,33,36-45H2,1-5H3/p+1/b19-18-,26-15-,34-30-,35-32-/t46-,47?,48?/m1/s1. The average Bonchev–Trinajstić information content (AvgIpc) is 3.97. The van der Waals surface area contributed by atoms with Crippen LogP contribution >= 0.6 is 7.82 Å². The molecule has 0 amide bonds. The SMILES string of the molecule is CCCCC/C=C\C/C=C\CC1OC1C/C=C\CCCC(=O)OC[C@H](COP(=O)(O)OCC[N+](C)(C)C)OC(=O)CCCCCCCCCCC/C=C\CCCCCCCC. The molecule has 1 fully saturated rings. The van der Waals surface area contributed by atoms with Crippen molar-refractivity contribution in [2.75, 3.05) is 47.5 Å². The van der Waals surface area contributed by atoms with Crippen LogP contribution in [0.15, 0.2) is 48.6 Å². The second-order valence-electron chi connectivity index (χ2n) is 17.9. The Morgan fingerprint density at radius 1 is 0.590 bits per heavy atom. The van der Waals surface area contributed by atoms with Gasteiger partial charge < -0.3 is 23.6 Å². The fourth-order valence-corrected chi connectivity index (χ4v) is 7.49. The van der Waals surface area contributed by atoms with E-state index in [1.807, 2.05) is 21.1 Å². The molecule has 0 aromatic rings. The van der Waals surface area contributed by atoms with E-state index in [0.717, 1.165) is 44.9 Å². The maximum Gasteiger partial charge on any atom is 0.472 e. The van der Waals surface area contributed by atoms with E-state index in [1.165, 1.54) is 109 Å². The number of hydrogen-bond donors (Lipinski definition) is 1. The topological polar surface area (TPSA) is 121 Å². The molecule has 1 rings (SSSR count). The van der Waals surface area contributed by atoms with Gasteiger partial charge in [-0.15, -0.1) is 0 Å². The summed E-state index contributed by atoms with van der Waals surface area (Å²) in [6.07, 6.45) is 47.6. The van der Waals surface area contributed by atoms with Gasteiger partial charge >= 0.3 is 19.8 Å². The van der Waals surface area contributed by atoms with Crippen LogP contribution in [0, 0.1) is 0 Å². The molecular formula is C50H91NO9P+. The summed E-state index contributed by atoms with van der Waals surface area (Å²) >= 11 is 0. The number of epoxide rings is 1.